The van der Waals surface area contributed by atoms with E-state index in [1.165, 1.54) is 6.92 Å². The van der Waals surface area contributed by atoms with E-state index in [0.29, 0.717) is 0 Å². The number of benzene rings is 2. The van der Waals surface area contributed by atoms with Gasteiger partial charge in [0.2, 0.25) is 5.91 Å². The number of hydrogen-bond acceptors (Lipinski definition) is 4. The number of alkyl carbamates (subject to hydrolysis) is 1. The molecule has 2 atom stereocenters. The topological polar surface area (TPSA) is 95.9 Å². The minimum absolute atomic E-state index is 0.0827. The first-order valence-corrected chi connectivity index (χ1v) is 11.2. The van der Waals surface area contributed by atoms with E-state index in [1.807, 2.05) is 48.5 Å². The third-order valence-electron chi connectivity index (χ3n) is 6.76. The van der Waals surface area contributed by atoms with Crippen LogP contribution in [-0.2, 0) is 14.3 Å². The van der Waals surface area contributed by atoms with Gasteiger partial charge in [0.25, 0.3) is 0 Å². The average Bonchev–Trinajstić information content (AvgIpc) is 3.39. The second-order valence-corrected chi connectivity index (χ2v) is 9.03. The Balaban J connectivity index is 1.31. The normalized spacial score (nSPS) is 20.2. The molecule has 2 amide bonds. The monoisotopic (exact) mass is 490 g/mol. The fourth-order valence-electron chi connectivity index (χ4n) is 4.83. The summed E-state index contributed by atoms with van der Waals surface area (Å²) in [5, 5.41) is 11.7. The summed E-state index contributed by atoms with van der Waals surface area (Å²) in [4.78, 5) is 37.1. The molecule has 186 valence electrons. The van der Waals surface area contributed by atoms with Gasteiger partial charge in [0, 0.05) is 31.5 Å². The van der Waals surface area contributed by atoms with Crippen LogP contribution >= 0.6 is 0 Å². The first-order chi connectivity index (χ1) is 16.5. The maximum atomic E-state index is 13.3. The Morgan fingerprint density at radius 3 is 2.20 bits per heavy atom. The lowest BCUT2D eigenvalue weighted by Gasteiger charge is -2.27. The van der Waals surface area contributed by atoms with Crippen LogP contribution in [0, 0.1) is 5.41 Å². The van der Waals surface area contributed by atoms with E-state index in [-0.39, 0.29) is 25.5 Å². The smallest absolute Gasteiger partial charge is 0.407 e. The van der Waals surface area contributed by atoms with Crippen LogP contribution in [0.15, 0.2) is 48.5 Å². The summed E-state index contributed by atoms with van der Waals surface area (Å²) in [5.74, 6) is -2.80. The Morgan fingerprint density at radius 2 is 1.69 bits per heavy atom. The predicted molar refractivity (Wildman–Crippen MR) is 120 cm³/mol. The molecular weight excluding hydrogens is 465 g/mol. The molecule has 0 spiro atoms. The Hall–Kier alpha value is -3.56. The van der Waals surface area contributed by atoms with Crippen LogP contribution in [0.5, 0.6) is 0 Å². The van der Waals surface area contributed by atoms with Crippen LogP contribution in [0.2, 0.25) is 0 Å². The second-order valence-electron chi connectivity index (χ2n) is 9.03. The van der Waals surface area contributed by atoms with Crippen molar-refractivity contribution in [3.05, 3.63) is 59.7 Å². The molecule has 2 N–H and O–H groups in total. The molecule has 2 aromatic rings. The summed E-state index contributed by atoms with van der Waals surface area (Å²) in [5.41, 5.74) is 1.29. The van der Waals surface area contributed by atoms with E-state index in [1.54, 1.807) is 0 Å². The minimum Gasteiger partial charge on any atom is -0.481 e. The van der Waals surface area contributed by atoms with Gasteiger partial charge in [0.05, 0.1) is 0 Å². The van der Waals surface area contributed by atoms with Crippen LogP contribution in [0.25, 0.3) is 11.1 Å². The van der Waals surface area contributed by atoms with Gasteiger partial charge in [-0.1, -0.05) is 48.5 Å². The predicted octanol–water partition coefficient (Wildman–Crippen LogP) is 4.17. The fourth-order valence-corrected chi connectivity index (χ4v) is 4.83. The zero-order valence-electron chi connectivity index (χ0n) is 19.0. The Bertz CT molecular complexity index is 1110. The maximum Gasteiger partial charge on any atom is 0.407 e. The van der Waals surface area contributed by atoms with E-state index >= 15 is 0 Å². The zero-order chi connectivity index (χ0) is 25.4. The quantitative estimate of drug-likeness (QED) is 0.634. The number of rotatable bonds is 6. The van der Waals surface area contributed by atoms with Gasteiger partial charge in [0.1, 0.15) is 6.61 Å². The summed E-state index contributed by atoms with van der Waals surface area (Å²) < 4.78 is 45.5. The number of nitrogens with zero attached hydrogens (tertiary/aromatic N) is 1. The van der Waals surface area contributed by atoms with Gasteiger partial charge < -0.3 is 20.1 Å². The largest absolute Gasteiger partial charge is 0.481 e. The van der Waals surface area contributed by atoms with Crippen molar-refractivity contribution >= 4 is 18.0 Å². The van der Waals surface area contributed by atoms with Crippen LogP contribution in [-0.4, -0.2) is 59.9 Å². The Morgan fingerprint density at radius 1 is 1.11 bits per heavy atom. The molecule has 0 bridgehead atoms. The molecule has 1 unspecified atom stereocenters. The number of carboxylic acid groups (broad SMARTS) is 1. The lowest BCUT2D eigenvalue weighted by Crippen LogP contribution is -2.48. The molecule has 2 aliphatic rings. The number of fused-ring (bicyclic) bond motifs is 3. The van der Waals surface area contributed by atoms with Crippen LogP contribution in [0.1, 0.15) is 36.8 Å². The number of carbonyl (C=O) groups is 3. The van der Waals surface area contributed by atoms with Crippen molar-refractivity contribution in [1.82, 2.24) is 10.2 Å². The fraction of sp³-hybridized carbons (Fsp3) is 0.400. The van der Waals surface area contributed by atoms with E-state index in [0.717, 1.165) is 27.2 Å². The minimum atomic E-state index is -4.97. The van der Waals surface area contributed by atoms with Crippen LogP contribution in [0.3, 0.4) is 0 Å². The number of ether oxygens (including phenoxy) is 1. The number of carbonyl (C=O) groups excluding carboxylic acids is 2. The van der Waals surface area contributed by atoms with Crippen molar-refractivity contribution in [2.45, 2.75) is 37.9 Å². The summed E-state index contributed by atoms with van der Waals surface area (Å²) in [6.45, 7) is 0.355. The van der Waals surface area contributed by atoms with Gasteiger partial charge in [-0.05, 0) is 35.6 Å². The first kappa shape index (κ1) is 24.6. The number of nitrogens with one attached hydrogen (secondary N) is 1. The molecule has 1 saturated heterocycles. The van der Waals surface area contributed by atoms with Crippen molar-refractivity contribution < 1.29 is 37.4 Å². The third kappa shape index (κ3) is 4.56. The highest BCUT2D eigenvalue weighted by atomic mass is 19.4. The molecule has 0 radical (unpaired) electrons. The first-order valence-electron chi connectivity index (χ1n) is 11.2. The Labute approximate surface area is 199 Å². The zero-order valence-corrected chi connectivity index (χ0v) is 19.0. The third-order valence-corrected chi connectivity index (χ3v) is 6.76. The lowest BCUT2D eigenvalue weighted by molar-refractivity contribution is -0.227. The highest BCUT2D eigenvalue weighted by Crippen LogP contribution is 2.46. The van der Waals surface area contributed by atoms with E-state index in [9.17, 15) is 27.6 Å². The van der Waals surface area contributed by atoms with Crippen LogP contribution in [0.4, 0.5) is 18.0 Å². The molecule has 2 aromatic carbocycles. The number of aliphatic carboxylic acids is 1. The van der Waals surface area contributed by atoms with E-state index in [4.69, 9.17) is 9.84 Å². The van der Waals surface area contributed by atoms with Crippen molar-refractivity contribution in [2.24, 2.45) is 5.41 Å². The number of hydrogen-bond donors (Lipinski definition) is 2. The standard InChI is InChI=1S/C25H25F3N2O5/c1-15(12-21(31)30-11-10-24(14-30,22(32)33)25(26,27)28)29-23(34)35-13-20-18-8-4-2-6-16(18)17-7-3-5-9-19(17)20/h2-9,15,20H,10-14H2,1H3,(H,29,34)(H,32,33)/t15-,24?/m0/s1. The van der Waals surface area contributed by atoms with Crippen molar-refractivity contribution in [2.75, 3.05) is 19.7 Å². The van der Waals surface area contributed by atoms with Gasteiger partial charge >= 0.3 is 18.2 Å². The molecule has 1 aliphatic carbocycles. The van der Waals surface area contributed by atoms with Gasteiger partial charge in [0.15, 0.2) is 5.41 Å². The lowest BCUT2D eigenvalue weighted by atomic mass is 9.86. The molecule has 10 heteroatoms. The summed E-state index contributed by atoms with van der Waals surface area (Å²) in [6.07, 6.45) is -6.70. The summed E-state index contributed by atoms with van der Waals surface area (Å²) in [6, 6.07) is 15.0. The number of carboxylic acids is 1. The molecule has 0 aromatic heterocycles. The van der Waals surface area contributed by atoms with Gasteiger partial charge in [-0.25, -0.2) is 4.79 Å². The number of likely N-dealkylation sites (tertiary alicyclic amines) is 1. The number of alkyl halides is 3. The van der Waals surface area contributed by atoms with E-state index in [2.05, 4.69) is 5.32 Å². The van der Waals surface area contributed by atoms with Gasteiger partial charge in [-0.3, -0.25) is 9.59 Å². The summed E-state index contributed by atoms with van der Waals surface area (Å²) >= 11 is 0. The molecule has 1 heterocycles. The Kier molecular flexibility index (Phi) is 6.48. The molecular formula is C25H25F3N2O5. The SMILES string of the molecule is C[C@@H](CC(=O)N1CCC(C(=O)O)(C(F)(F)F)C1)NC(=O)OCC1c2ccccc2-c2ccccc21. The second kappa shape index (κ2) is 9.24. The van der Waals surface area contributed by atoms with Gasteiger partial charge in [-0.15, -0.1) is 0 Å². The molecule has 35 heavy (non-hydrogen) atoms. The highest BCUT2D eigenvalue weighted by molar-refractivity contribution is 5.82. The molecule has 7 nitrogen and oxygen atoms in total. The number of halogens is 3. The van der Waals surface area contributed by atoms with Crippen molar-refractivity contribution in [3.63, 3.8) is 0 Å². The van der Waals surface area contributed by atoms with Crippen LogP contribution < -0.4 is 5.32 Å². The molecule has 1 aliphatic heterocycles. The highest BCUT2D eigenvalue weighted by Gasteiger charge is 2.64. The number of amides is 2. The molecule has 4 rings (SSSR count). The van der Waals surface area contributed by atoms with Crippen molar-refractivity contribution in [1.29, 1.82) is 0 Å². The van der Waals surface area contributed by atoms with Crippen molar-refractivity contribution in [3.8, 4) is 11.1 Å². The average molecular weight is 490 g/mol. The van der Waals surface area contributed by atoms with E-state index < -0.39 is 48.6 Å². The molecule has 1 fully saturated rings. The summed E-state index contributed by atoms with van der Waals surface area (Å²) in [7, 11) is 0. The van der Waals surface area contributed by atoms with Gasteiger partial charge in [-0.2, -0.15) is 13.2 Å². The maximum absolute atomic E-state index is 13.3. The molecule has 0 saturated carbocycles.